The van der Waals surface area contributed by atoms with Crippen LogP contribution in [0.4, 0.5) is 5.69 Å². The van der Waals surface area contributed by atoms with Crippen molar-refractivity contribution in [2.45, 2.75) is 18.3 Å². The number of esters is 1. The molecular formula is C26H21NO4. The second-order valence-corrected chi connectivity index (χ2v) is 8.42. The fraction of sp³-hybridized carbons (Fsp3) is 0.231. The van der Waals surface area contributed by atoms with Crippen LogP contribution < -0.4 is 4.90 Å². The number of ether oxygens (including phenoxy) is 2. The lowest BCUT2D eigenvalue weighted by Gasteiger charge is -2.23. The predicted molar refractivity (Wildman–Crippen MR) is 116 cm³/mol. The Labute approximate surface area is 179 Å². The van der Waals surface area contributed by atoms with E-state index in [0.29, 0.717) is 6.54 Å². The number of rotatable bonds is 4. The zero-order valence-corrected chi connectivity index (χ0v) is 16.8. The number of benzene rings is 3. The van der Waals surface area contributed by atoms with E-state index in [-0.39, 0.29) is 18.5 Å². The zero-order valence-electron chi connectivity index (χ0n) is 16.8. The van der Waals surface area contributed by atoms with Crippen LogP contribution in [0.2, 0.25) is 0 Å². The number of nitrogens with zero attached hydrogens (tertiary/aromatic N) is 1. The van der Waals surface area contributed by atoms with E-state index in [2.05, 4.69) is 0 Å². The molecule has 0 radical (unpaired) electrons. The van der Waals surface area contributed by atoms with E-state index in [1.165, 1.54) is 0 Å². The van der Waals surface area contributed by atoms with Crippen molar-refractivity contribution in [3.8, 4) is 0 Å². The Hall–Kier alpha value is -3.44. The Morgan fingerprint density at radius 2 is 1.81 bits per heavy atom. The number of carbonyl (C=O) groups excluding carboxylic acids is 2. The monoisotopic (exact) mass is 411 g/mol. The predicted octanol–water partition coefficient (Wildman–Crippen LogP) is 3.87. The lowest BCUT2D eigenvalue weighted by molar-refractivity contribution is -0.153. The quantitative estimate of drug-likeness (QED) is 0.483. The molecule has 154 valence electrons. The van der Waals surface area contributed by atoms with Gasteiger partial charge >= 0.3 is 5.97 Å². The molecule has 0 aromatic heterocycles. The van der Waals surface area contributed by atoms with Gasteiger partial charge in [-0.15, -0.1) is 0 Å². The number of carbonyl (C=O) groups is 2. The van der Waals surface area contributed by atoms with Crippen molar-refractivity contribution >= 4 is 28.3 Å². The molecule has 0 N–H and O–H groups in total. The van der Waals surface area contributed by atoms with Crippen molar-refractivity contribution in [2.75, 3.05) is 11.4 Å². The van der Waals surface area contributed by atoms with E-state index >= 15 is 0 Å². The molecule has 3 heterocycles. The smallest absolute Gasteiger partial charge is 0.313 e. The van der Waals surface area contributed by atoms with Crippen molar-refractivity contribution in [2.24, 2.45) is 11.8 Å². The Balaban J connectivity index is 1.30. The number of hydrogen-bond acceptors (Lipinski definition) is 4. The molecule has 5 heteroatoms. The van der Waals surface area contributed by atoms with Crippen molar-refractivity contribution in [1.29, 1.82) is 0 Å². The first-order valence-electron chi connectivity index (χ1n) is 10.5. The lowest BCUT2D eigenvalue weighted by Crippen LogP contribution is -2.40. The Bertz CT molecular complexity index is 1220. The van der Waals surface area contributed by atoms with Crippen LogP contribution in [0.5, 0.6) is 0 Å². The SMILES string of the molecule is O=C(OCc1ccccc1)[C@H]1[C@H]2C(=O)N(c3cccc4ccccc34)C[C@@]23C=C[C@H]1O3. The summed E-state index contributed by atoms with van der Waals surface area (Å²) in [6.07, 6.45) is 3.46. The van der Waals surface area contributed by atoms with Gasteiger partial charge in [-0.05, 0) is 17.0 Å². The first-order chi connectivity index (χ1) is 15.2. The Kier molecular flexibility index (Phi) is 4.02. The van der Waals surface area contributed by atoms with Crippen LogP contribution in [0, 0.1) is 11.8 Å². The third kappa shape index (κ3) is 2.73. The average Bonchev–Trinajstić information content (AvgIpc) is 3.46. The van der Waals surface area contributed by atoms with E-state index in [9.17, 15) is 9.59 Å². The van der Waals surface area contributed by atoms with E-state index in [0.717, 1.165) is 22.0 Å². The topological polar surface area (TPSA) is 55.8 Å². The third-order valence-electron chi connectivity index (χ3n) is 6.65. The number of hydrogen-bond donors (Lipinski definition) is 0. The largest absolute Gasteiger partial charge is 0.460 e. The van der Waals surface area contributed by atoms with Gasteiger partial charge in [0.05, 0.1) is 24.3 Å². The molecule has 5 nitrogen and oxygen atoms in total. The van der Waals surface area contributed by atoms with Gasteiger partial charge in [0.2, 0.25) is 5.91 Å². The number of fused-ring (bicyclic) bond motifs is 2. The van der Waals surface area contributed by atoms with Gasteiger partial charge in [0.15, 0.2) is 0 Å². The second-order valence-electron chi connectivity index (χ2n) is 8.42. The summed E-state index contributed by atoms with van der Waals surface area (Å²) in [6, 6.07) is 23.5. The highest BCUT2D eigenvalue weighted by molar-refractivity contribution is 6.08. The first-order valence-corrected chi connectivity index (χ1v) is 10.5. The normalized spacial score (nSPS) is 28.3. The molecule has 2 saturated heterocycles. The van der Waals surface area contributed by atoms with Gasteiger partial charge in [0.1, 0.15) is 18.1 Å². The molecular weight excluding hydrogens is 390 g/mol. The third-order valence-corrected chi connectivity index (χ3v) is 6.65. The summed E-state index contributed by atoms with van der Waals surface area (Å²) in [4.78, 5) is 28.4. The van der Waals surface area contributed by atoms with E-state index < -0.39 is 23.5 Å². The summed E-state index contributed by atoms with van der Waals surface area (Å²) in [6.45, 7) is 0.591. The molecule has 0 unspecified atom stereocenters. The van der Waals surface area contributed by atoms with Gasteiger partial charge in [0.25, 0.3) is 0 Å². The molecule has 0 saturated carbocycles. The van der Waals surface area contributed by atoms with Crippen LogP contribution in [0.3, 0.4) is 0 Å². The van der Waals surface area contributed by atoms with Crippen LogP contribution in [-0.4, -0.2) is 30.1 Å². The Morgan fingerprint density at radius 1 is 1.03 bits per heavy atom. The molecule has 1 spiro atoms. The van der Waals surface area contributed by atoms with Gasteiger partial charge in [-0.3, -0.25) is 9.59 Å². The van der Waals surface area contributed by atoms with Crippen molar-refractivity contribution in [3.63, 3.8) is 0 Å². The summed E-state index contributed by atoms with van der Waals surface area (Å²) in [7, 11) is 0. The van der Waals surface area contributed by atoms with E-state index in [1.807, 2.05) is 84.9 Å². The average molecular weight is 411 g/mol. The molecule has 1 amide bonds. The summed E-state index contributed by atoms with van der Waals surface area (Å²) >= 11 is 0. The van der Waals surface area contributed by atoms with Gasteiger partial charge in [0, 0.05) is 5.39 Å². The summed E-state index contributed by atoms with van der Waals surface area (Å²) in [5.41, 5.74) is 0.999. The summed E-state index contributed by atoms with van der Waals surface area (Å²) in [5.74, 6) is -1.64. The molecule has 3 aromatic carbocycles. The summed E-state index contributed by atoms with van der Waals surface area (Å²) in [5, 5.41) is 2.08. The van der Waals surface area contributed by atoms with Crippen molar-refractivity contribution in [3.05, 3.63) is 90.5 Å². The highest BCUT2D eigenvalue weighted by Gasteiger charge is 2.67. The van der Waals surface area contributed by atoms with Gasteiger partial charge < -0.3 is 14.4 Å². The maximum atomic E-state index is 13.6. The molecule has 3 aliphatic rings. The standard InChI is InChI=1S/C26H21NO4/c28-24-23-22(25(29)30-15-17-7-2-1-3-8-17)21-13-14-26(23,31-21)16-27(24)20-12-6-10-18-9-4-5-11-19(18)20/h1-14,21-23H,15-16H2/t21-,22-,23+,26+/m1/s1. The highest BCUT2D eigenvalue weighted by atomic mass is 16.6. The Morgan fingerprint density at radius 3 is 2.68 bits per heavy atom. The van der Waals surface area contributed by atoms with Gasteiger partial charge in [-0.2, -0.15) is 0 Å². The minimum Gasteiger partial charge on any atom is -0.460 e. The minimum atomic E-state index is -0.769. The lowest BCUT2D eigenvalue weighted by atomic mass is 9.77. The van der Waals surface area contributed by atoms with Crippen LogP contribution >= 0.6 is 0 Å². The van der Waals surface area contributed by atoms with Crippen LogP contribution in [0.1, 0.15) is 5.56 Å². The van der Waals surface area contributed by atoms with Crippen molar-refractivity contribution in [1.82, 2.24) is 0 Å². The molecule has 0 aliphatic carbocycles. The van der Waals surface area contributed by atoms with E-state index in [4.69, 9.17) is 9.47 Å². The maximum absolute atomic E-state index is 13.6. The summed E-state index contributed by atoms with van der Waals surface area (Å²) < 4.78 is 11.8. The maximum Gasteiger partial charge on any atom is 0.313 e. The van der Waals surface area contributed by atoms with Crippen molar-refractivity contribution < 1.29 is 19.1 Å². The number of anilines is 1. The van der Waals surface area contributed by atoms with Gasteiger partial charge in [-0.25, -0.2) is 0 Å². The molecule has 2 fully saturated rings. The zero-order chi connectivity index (χ0) is 21.0. The molecule has 3 aromatic rings. The van der Waals surface area contributed by atoms with Crippen LogP contribution in [0.25, 0.3) is 10.8 Å². The van der Waals surface area contributed by atoms with Crippen LogP contribution in [0.15, 0.2) is 84.9 Å². The fourth-order valence-corrected chi connectivity index (χ4v) is 5.24. The molecule has 2 bridgehead atoms. The van der Waals surface area contributed by atoms with Gasteiger partial charge in [-0.1, -0.05) is 78.9 Å². The fourth-order valence-electron chi connectivity index (χ4n) is 5.24. The molecule has 31 heavy (non-hydrogen) atoms. The molecule has 4 atom stereocenters. The highest BCUT2D eigenvalue weighted by Crippen LogP contribution is 2.53. The molecule has 3 aliphatic heterocycles. The second kappa shape index (κ2) is 6.79. The minimum absolute atomic E-state index is 0.0788. The van der Waals surface area contributed by atoms with E-state index in [1.54, 1.807) is 4.90 Å². The number of amides is 1. The van der Waals surface area contributed by atoms with Crippen LogP contribution in [-0.2, 0) is 25.7 Å². The first kappa shape index (κ1) is 18.3. The molecule has 6 rings (SSSR count).